The molecule has 0 amide bonds. The van der Waals surface area contributed by atoms with Crippen LogP contribution in [0, 0.1) is 11.6 Å². The fourth-order valence-corrected chi connectivity index (χ4v) is 2.54. The van der Waals surface area contributed by atoms with Crippen LogP contribution in [-0.4, -0.2) is 49.0 Å². The highest BCUT2D eigenvalue weighted by Crippen LogP contribution is 2.20. The SMILES string of the molecule is CO[C@H]1C[C@@H](CO)N(CCc2ccc(F)c(F)c2)C1. The fourth-order valence-electron chi connectivity index (χ4n) is 2.54. The third-order valence-corrected chi connectivity index (χ3v) is 3.71. The van der Waals surface area contributed by atoms with E-state index in [9.17, 15) is 13.9 Å². The lowest BCUT2D eigenvalue weighted by Gasteiger charge is -2.22. The minimum absolute atomic E-state index is 0.0928. The van der Waals surface area contributed by atoms with Gasteiger partial charge in [0, 0.05) is 26.2 Å². The summed E-state index contributed by atoms with van der Waals surface area (Å²) in [6.45, 7) is 1.57. The molecule has 0 bridgehead atoms. The van der Waals surface area contributed by atoms with E-state index < -0.39 is 11.6 Å². The van der Waals surface area contributed by atoms with Crippen LogP contribution in [0.5, 0.6) is 0 Å². The van der Waals surface area contributed by atoms with Gasteiger partial charge in [-0.1, -0.05) is 6.07 Å². The van der Waals surface area contributed by atoms with Crippen molar-refractivity contribution in [2.24, 2.45) is 0 Å². The van der Waals surface area contributed by atoms with E-state index in [1.807, 2.05) is 0 Å². The third kappa shape index (κ3) is 3.49. The second kappa shape index (κ2) is 6.41. The number of hydrogen-bond acceptors (Lipinski definition) is 3. The molecule has 0 saturated carbocycles. The van der Waals surface area contributed by atoms with Gasteiger partial charge in [-0.3, -0.25) is 4.90 Å². The average Bonchev–Trinajstić information content (AvgIpc) is 2.82. The highest BCUT2D eigenvalue weighted by atomic mass is 19.2. The number of rotatable bonds is 5. The van der Waals surface area contributed by atoms with Crippen LogP contribution in [0.4, 0.5) is 8.78 Å². The summed E-state index contributed by atoms with van der Waals surface area (Å²) in [6.07, 6.45) is 1.58. The van der Waals surface area contributed by atoms with Crippen LogP contribution < -0.4 is 0 Å². The highest BCUT2D eigenvalue weighted by Gasteiger charge is 2.31. The molecule has 3 nitrogen and oxygen atoms in total. The molecule has 2 atom stereocenters. The zero-order valence-electron chi connectivity index (χ0n) is 11.0. The molecular formula is C14H19F2NO2. The number of nitrogens with zero attached hydrogens (tertiary/aromatic N) is 1. The van der Waals surface area contributed by atoms with Crippen molar-refractivity contribution in [3.05, 3.63) is 35.4 Å². The van der Waals surface area contributed by atoms with Crippen molar-refractivity contribution in [1.82, 2.24) is 4.90 Å². The number of ether oxygens (including phenoxy) is 1. The summed E-state index contributed by atoms with van der Waals surface area (Å²) in [6, 6.07) is 4.06. The Kier molecular flexibility index (Phi) is 4.85. The number of benzene rings is 1. The molecule has 0 unspecified atom stereocenters. The summed E-state index contributed by atoms with van der Waals surface area (Å²) in [5.41, 5.74) is 0.761. The zero-order chi connectivity index (χ0) is 13.8. The molecule has 19 heavy (non-hydrogen) atoms. The van der Waals surface area contributed by atoms with Crippen LogP contribution in [0.15, 0.2) is 18.2 Å². The van der Waals surface area contributed by atoms with Crippen molar-refractivity contribution in [2.75, 3.05) is 26.8 Å². The van der Waals surface area contributed by atoms with Gasteiger partial charge in [0.1, 0.15) is 0 Å². The van der Waals surface area contributed by atoms with Crippen LogP contribution in [0.1, 0.15) is 12.0 Å². The van der Waals surface area contributed by atoms with Gasteiger partial charge >= 0.3 is 0 Å². The second-order valence-electron chi connectivity index (χ2n) is 4.92. The molecule has 0 spiro atoms. The smallest absolute Gasteiger partial charge is 0.159 e. The lowest BCUT2D eigenvalue weighted by atomic mass is 10.1. The molecule has 0 aromatic heterocycles. The molecule has 0 aliphatic carbocycles. The zero-order valence-corrected chi connectivity index (χ0v) is 11.0. The standard InChI is InChI=1S/C14H19F2NO2/c1-19-12-7-11(9-18)17(8-12)5-4-10-2-3-13(15)14(16)6-10/h2-3,6,11-12,18H,4-5,7-9H2,1H3/t11-,12-/m0/s1. The van der Waals surface area contributed by atoms with Crippen molar-refractivity contribution in [3.8, 4) is 0 Å². The van der Waals surface area contributed by atoms with E-state index >= 15 is 0 Å². The lowest BCUT2D eigenvalue weighted by Crippen LogP contribution is -2.34. The fraction of sp³-hybridized carbons (Fsp3) is 0.571. The van der Waals surface area contributed by atoms with Gasteiger partial charge in [-0.15, -0.1) is 0 Å². The van der Waals surface area contributed by atoms with Crippen LogP contribution in [0.25, 0.3) is 0 Å². The molecule has 2 rings (SSSR count). The normalized spacial score (nSPS) is 24.0. The predicted molar refractivity (Wildman–Crippen MR) is 67.9 cm³/mol. The number of methoxy groups -OCH3 is 1. The molecule has 1 aromatic carbocycles. The molecule has 5 heteroatoms. The minimum Gasteiger partial charge on any atom is -0.395 e. The molecule has 1 aliphatic rings. The van der Waals surface area contributed by atoms with Gasteiger partial charge in [0.15, 0.2) is 11.6 Å². The minimum atomic E-state index is -0.822. The van der Waals surface area contributed by atoms with Crippen molar-refractivity contribution in [3.63, 3.8) is 0 Å². The molecule has 0 radical (unpaired) electrons. The van der Waals surface area contributed by atoms with Crippen LogP contribution in [-0.2, 0) is 11.2 Å². The largest absolute Gasteiger partial charge is 0.395 e. The molecule has 1 aliphatic heterocycles. The number of likely N-dealkylation sites (tertiary alicyclic amines) is 1. The van der Waals surface area contributed by atoms with Gasteiger partial charge in [0.2, 0.25) is 0 Å². The van der Waals surface area contributed by atoms with E-state index in [2.05, 4.69) is 4.90 Å². The molecule has 106 valence electrons. The maximum atomic E-state index is 13.1. The van der Waals surface area contributed by atoms with E-state index in [4.69, 9.17) is 4.74 Å². The predicted octanol–water partition coefficient (Wildman–Crippen LogP) is 1.59. The molecule has 1 saturated heterocycles. The van der Waals surface area contributed by atoms with Crippen molar-refractivity contribution in [2.45, 2.75) is 25.0 Å². The quantitative estimate of drug-likeness (QED) is 0.882. The van der Waals surface area contributed by atoms with Gasteiger partial charge in [-0.2, -0.15) is 0 Å². The monoisotopic (exact) mass is 271 g/mol. The first-order chi connectivity index (χ1) is 9.13. The Morgan fingerprint density at radius 2 is 2.16 bits per heavy atom. The Morgan fingerprint density at radius 1 is 1.37 bits per heavy atom. The van der Waals surface area contributed by atoms with Gasteiger partial charge in [0.25, 0.3) is 0 Å². The second-order valence-corrected chi connectivity index (χ2v) is 4.92. The molecule has 1 heterocycles. The van der Waals surface area contributed by atoms with Gasteiger partial charge in [-0.25, -0.2) is 8.78 Å². The van der Waals surface area contributed by atoms with E-state index in [1.54, 1.807) is 13.2 Å². The van der Waals surface area contributed by atoms with Crippen LogP contribution in [0.3, 0.4) is 0 Å². The molecule has 1 N–H and O–H groups in total. The maximum absolute atomic E-state index is 13.1. The van der Waals surface area contributed by atoms with Crippen molar-refractivity contribution >= 4 is 0 Å². The van der Waals surface area contributed by atoms with Gasteiger partial charge in [0.05, 0.1) is 12.7 Å². The Labute approximate surface area is 111 Å². The lowest BCUT2D eigenvalue weighted by molar-refractivity contribution is 0.108. The van der Waals surface area contributed by atoms with Gasteiger partial charge < -0.3 is 9.84 Å². The molecule has 1 fully saturated rings. The number of hydrogen-bond donors (Lipinski definition) is 1. The van der Waals surface area contributed by atoms with E-state index in [-0.39, 0.29) is 18.8 Å². The van der Waals surface area contributed by atoms with E-state index in [0.717, 1.165) is 24.6 Å². The highest BCUT2D eigenvalue weighted by molar-refractivity contribution is 5.18. The molecular weight excluding hydrogens is 252 g/mol. The third-order valence-electron chi connectivity index (χ3n) is 3.71. The Bertz CT molecular complexity index is 428. The van der Waals surface area contributed by atoms with Crippen molar-refractivity contribution in [1.29, 1.82) is 0 Å². The number of aliphatic hydroxyl groups is 1. The van der Waals surface area contributed by atoms with E-state index in [1.165, 1.54) is 6.07 Å². The summed E-state index contributed by atoms with van der Waals surface area (Å²) >= 11 is 0. The Morgan fingerprint density at radius 3 is 2.79 bits per heavy atom. The first-order valence-corrected chi connectivity index (χ1v) is 6.45. The summed E-state index contributed by atoms with van der Waals surface area (Å²) in [7, 11) is 1.66. The average molecular weight is 271 g/mol. The topological polar surface area (TPSA) is 32.7 Å². The van der Waals surface area contributed by atoms with Crippen molar-refractivity contribution < 1.29 is 18.6 Å². The van der Waals surface area contributed by atoms with Crippen LogP contribution in [0.2, 0.25) is 0 Å². The van der Waals surface area contributed by atoms with E-state index in [0.29, 0.717) is 13.0 Å². The summed E-state index contributed by atoms with van der Waals surface area (Å²) in [5, 5.41) is 9.32. The number of halogens is 2. The first-order valence-electron chi connectivity index (χ1n) is 6.45. The maximum Gasteiger partial charge on any atom is 0.159 e. The Balaban J connectivity index is 1.92. The summed E-state index contributed by atoms with van der Waals surface area (Å²) in [5.74, 6) is -1.63. The van der Waals surface area contributed by atoms with Crippen LogP contribution >= 0.6 is 0 Å². The first kappa shape index (κ1) is 14.4. The summed E-state index contributed by atoms with van der Waals surface area (Å²) in [4.78, 5) is 2.13. The van der Waals surface area contributed by atoms with Gasteiger partial charge in [-0.05, 0) is 30.5 Å². The summed E-state index contributed by atoms with van der Waals surface area (Å²) < 4.78 is 31.2. The Hall–Kier alpha value is -1.04. The number of aliphatic hydroxyl groups excluding tert-OH is 1. The molecule has 1 aromatic rings.